The molecule has 1 aliphatic heterocycles. The molecule has 0 spiro atoms. The lowest BCUT2D eigenvalue weighted by atomic mass is 9.93. The van der Waals surface area contributed by atoms with Gasteiger partial charge in [-0.3, -0.25) is 4.79 Å². The lowest BCUT2D eigenvalue weighted by Gasteiger charge is -2.45. The van der Waals surface area contributed by atoms with Crippen LogP contribution in [0.1, 0.15) is 89.0 Å². The van der Waals surface area contributed by atoms with Gasteiger partial charge in [-0.05, 0) is 74.3 Å². The summed E-state index contributed by atoms with van der Waals surface area (Å²) in [6.45, 7) is 37.0. The maximum atomic E-state index is 13.2. The normalized spacial score (nSPS) is 26.3. The monoisotopic (exact) mass is 663 g/mol. The Morgan fingerprint density at radius 1 is 0.932 bits per heavy atom. The predicted molar refractivity (Wildman–Crippen MR) is 189 cm³/mol. The third-order valence-corrected chi connectivity index (χ3v) is 24.0. The molecule has 1 aliphatic carbocycles. The van der Waals surface area contributed by atoms with Crippen LogP contribution in [0.25, 0.3) is 0 Å². The Balaban J connectivity index is 2.81. The van der Waals surface area contributed by atoms with Crippen molar-refractivity contribution in [1.82, 2.24) is 0 Å². The third-order valence-electron chi connectivity index (χ3n) is 10.5. The second-order valence-corrected chi connectivity index (χ2v) is 32.0. The summed E-state index contributed by atoms with van der Waals surface area (Å²) in [4.78, 5) is 13.2. The van der Waals surface area contributed by atoms with Crippen molar-refractivity contribution < 1.29 is 27.5 Å². The molecule has 2 aliphatic rings. The van der Waals surface area contributed by atoms with Crippen LogP contribution in [0, 0.1) is 24.2 Å². The maximum Gasteiger partial charge on any atom is 0.194 e. The lowest BCUT2D eigenvalue weighted by molar-refractivity contribution is -0.157. The van der Waals surface area contributed by atoms with E-state index >= 15 is 0 Å². The van der Waals surface area contributed by atoms with Gasteiger partial charge in [0.25, 0.3) is 0 Å². The molecule has 0 saturated carbocycles. The summed E-state index contributed by atoms with van der Waals surface area (Å²) >= 11 is 0. The van der Waals surface area contributed by atoms with Gasteiger partial charge >= 0.3 is 0 Å². The molecule has 0 bridgehead atoms. The highest BCUT2D eigenvalue weighted by atomic mass is 28.4. The first-order valence-electron chi connectivity index (χ1n) is 16.0. The second-order valence-electron chi connectivity index (χ2n) is 17.8. The minimum Gasteiger partial charge on any atom is -0.410 e. The van der Waals surface area contributed by atoms with Crippen molar-refractivity contribution in [2.24, 2.45) is 0 Å². The predicted octanol–water partition coefficient (Wildman–Crippen LogP) is 8.61. The van der Waals surface area contributed by atoms with Gasteiger partial charge in [0.05, 0.1) is 19.1 Å². The Hall–Kier alpha value is -1.02. The first kappa shape index (κ1) is 39.2. The number of terminal acetylenes is 1. The zero-order chi connectivity index (χ0) is 34.4. The Morgan fingerprint density at radius 2 is 1.45 bits per heavy atom. The van der Waals surface area contributed by atoms with Gasteiger partial charge in [-0.15, -0.1) is 12.3 Å². The fourth-order valence-corrected chi connectivity index (χ4v) is 8.82. The lowest BCUT2D eigenvalue weighted by Crippen LogP contribution is -2.55. The molecule has 0 radical (unpaired) electrons. The van der Waals surface area contributed by atoms with E-state index in [4.69, 9.17) is 29.2 Å². The Bertz CT molecular complexity index is 1200. The van der Waals surface area contributed by atoms with Crippen molar-refractivity contribution in [3.05, 3.63) is 11.6 Å². The minimum atomic E-state index is -2.41. The molecule has 1 heterocycles. The molecule has 0 aromatic rings. The number of ether oxygens (including phenoxy) is 2. The number of carbonyl (C=O) groups is 1. The van der Waals surface area contributed by atoms with Gasteiger partial charge in [0.15, 0.2) is 42.6 Å². The van der Waals surface area contributed by atoms with E-state index in [1.54, 1.807) is 0 Å². The molecule has 0 N–H and O–H groups in total. The van der Waals surface area contributed by atoms with E-state index in [9.17, 15) is 4.79 Å². The molecular formula is C35H62O6Si3. The van der Waals surface area contributed by atoms with Gasteiger partial charge in [-0.25, -0.2) is 0 Å². The molecule has 2 rings (SSSR count). The van der Waals surface area contributed by atoms with Crippen molar-refractivity contribution >= 4 is 31.2 Å². The Labute approximate surface area is 273 Å². The number of carbonyl (C=O) groups excluding carboxylic acids is 1. The molecule has 6 nitrogen and oxygen atoms in total. The first-order chi connectivity index (χ1) is 19.5. The number of rotatable bonds is 9. The summed E-state index contributed by atoms with van der Waals surface area (Å²) in [5, 5.41) is -0.208. The number of aldehydes is 1. The van der Waals surface area contributed by atoms with Crippen LogP contribution in [-0.4, -0.2) is 67.0 Å². The molecular weight excluding hydrogens is 602 g/mol. The molecule has 4 atom stereocenters. The smallest absolute Gasteiger partial charge is 0.194 e. The summed E-state index contributed by atoms with van der Waals surface area (Å²) < 4.78 is 33.4. The van der Waals surface area contributed by atoms with Crippen LogP contribution in [0.5, 0.6) is 0 Å². The SMILES string of the molecule is C#[13C]CC(C#CC1=C[C@@H](O[Si](C)(C)C(C)(C)C)C[C@@]1(C=O)O[Si](C)(C)C(C)(C)C)(O[Si](C)(C)C(C)(C)C)[C@H]1COC(C)(C)O1. The van der Waals surface area contributed by atoms with E-state index in [0.29, 0.717) is 18.6 Å². The topological polar surface area (TPSA) is 63.2 Å². The van der Waals surface area contributed by atoms with Crippen molar-refractivity contribution in [2.75, 3.05) is 6.61 Å². The molecule has 0 aromatic carbocycles. The van der Waals surface area contributed by atoms with Gasteiger partial charge < -0.3 is 22.8 Å². The van der Waals surface area contributed by atoms with Gasteiger partial charge in [0, 0.05) is 12.0 Å². The zero-order valence-electron chi connectivity index (χ0n) is 31.0. The summed E-state index contributed by atoms with van der Waals surface area (Å²) in [5.74, 6) is 8.97. The van der Waals surface area contributed by atoms with Crippen LogP contribution in [0.2, 0.25) is 54.4 Å². The van der Waals surface area contributed by atoms with Gasteiger partial charge in [-0.1, -0.05) is 74.2 Å². The molecule has 1 unspecified atom stereocenters. The fourth-order valence-electron chi connectivity index (χ4n) is 4.63. The first-order valence-corrected chi connectivity index (χ1v) is 24.8. The average molecular weight is 664 g/mol. The molecule has 250 valence electrons. The van der Waals surface area contributed by atoms with Crippen molar-refractivity contribution in [3.63, 3.8) is 0 Å². The van der Waals surface area contributed by atoms with Gasteiger partial charge in [-0.2, -0.15) is 0 Å². The van der Waals surface area contributed by atoms with Crippen LogP contribution in [0.15, 0.2) is 11.6 Å². The van der Waals surface area contributed by atoms with Crippen molar-refractivity contribution in [2.45, 2.75) is 173 Å². The number of hydrogen-bond donors (Lipinski definition) is 0. The summed E-state index contributed by atoms with van der Waals surface area (Å²) in [6.07, 6.45) is 8.77. The maximum absolute atomic E-state index is 13.2. The molecule has 44 heavy (non-hydrogen) atoms. The standard InChI is InChI=1S/C35H62O6Si3/c1-19-21-34(29-25-37-33(11,12)38-29,40-43(15,16)31(5,6)7)22-20-27-23-28(39-42(13,14)30(2,3)4)24-35(27,26-36)41-44(17,18)32(8,9)10/h1,23,26,28-29H,21,24-25H2,2-18H3/t28-,29-,34?,35+/m1/s1/i19+1. The Kier molecular flexibility index (Phi) is 11.2. The molecule has 0 amide bonds. The van der Waals surface area contributed by atoms with Crippen LogP contribution >= 0.6 is 0 Å². The van der Waals surface area contributed by atoms with Crippen LogP contribution < -0.4 is 0 Å². The molecule has 9 heteroatoms. The largest absolute Gasteiger partial charge is 0.410 e. The molecule has 1 saturated heterocycles. The van der Waals surface area contributed by atoms with E-state index < -0.39 is 48.0 Å². The average Bonchev–Trinajstić information content (AvgIpc) is 3.34. The zero-order valence-corrected chi connectivity index (χ0v) is 34.0. The van der Waals surface area contributed by atoms with E-state index in [2.05, 4.69) is 119 Å². The number of hydrogen-bond acceptors (Lipinski definition) is 6. The highest BCUT2D eigenvalue weighted by Gasteiger charge is 2.54. The highest BCUT2D eigenvalue weighted by molar-refractivity contribution is 6.75. The van der Waals surface area contributed by atoms with Gasteiger partial charge in [0.2, 0.25) is 0 Å². The van der Waals surface area contributed by atoms with Crippen LogP contribution in [-0.2, 0) is 27.5 Å². The van der Waals surface area contributed by atoms with Gasteiger partial charge in [0.1, 0.15) is 11.7 Å². The quantitative estimate of drug-likeness (QED) is 0.107. The van der Waals surface area contributed by atoms with E-state index in [1.165, 1.54) is 0 Å². The fraction of sp³-hybridized carbons (Fsp3) is 0.800. The van der Waals surface area contributed by atoms with E-state index in [-0.39, 0.29) is 27.6 Å². The Morgan fingerprint density at radius 3 is 1.86 bits per heavy atom. The third kappa shape index (κ3) is 8.46. The summed E-state index contributed by atoms with van der Waals surface area (Å²) in [5.41, 5.74) is -1.76. The molecule has 1 fully saturated rings. The summed E-state index contributed by atoms with van der Waals surface area (Å²) in [6, 6.07) is 0. The molecule has 0 aromatic heterocycles. The second kappa shape index (κ2) is 12.5. The van der Waals surface area contributed by atoms with Crippen molar-refractivity contribution in [1.29, 1.82) is 0 Å². The van der Waals surface area contributed by atoms with E-state index in [1.807, 2.05) is 19.9 Å². The minimum absolute atomic E-state index is 0.00493. The van der Waals surface area contributed by atoms with Crippen LogP contribution in [0.3, 0.4) is 0 Å². The summed E-state index contributed by atoms with van der Waals surface area (Å²) in [7, 11) is -6.99. The van der Waals surface area contributed by atoms with Crippen LogP contribution in [0.4, 0.5) is 0 Å². The van der Waals surface area contributed by atoms with Crippen molar-refractivity contribution in [3.8, 4) is 24.2 Å². The van der Waals surface area contributed by atoms with E-state index in [0.717, 1.165) is 6.29 Å². The highest BCUT2D eigenvalue weighted by Crippen LogP contribution is 2.47.